The van der Waals surface area contributed by atoms with E-state index in [4.69, 9.17) is 16.6 Å². The number of para-hydroxylation sites is 1. The highest BCUT2D eigenvalue weighted by atomic mass is 35.5. The van der Waals surface area contributed by atoms with E-state index in [1.54, 1.807) is 29.7 Å². The third-order valence-corrected chi connectivity index (χ3v) is 6.68. The molecule has 176 valence electrons. The van der Waals surface area contributed by atoms with E-state index < -0.39 is 5.25 Å². The van der Waals surface area contributed by atoms with Gasteiger partial charge in [-0.2, -0.15) is 0 Å². The lowest BCUT2D eigenvalue weighted by Gasteiger charge is -2.31. The Kier molecular flexibility index (Phi) is 8.51. The number of pyridine rings is 1. The van der Waals surface area contributed by atoms with Crippen LogP contribution in [0.1, 0.15) is 34.6 Å². The average Bonchev–Trinajstić information content (AvgIpc) is 2.76. The summed E-state index contributed by atoms with van der Waals surface area (Å²) in [5.74, 6) is 0.194. The highest BCUT2D eigenvalue weighted by Gasteiger charge is 2.21. The number of thioether (sulfide) groups is 1. The summed E-state index contributed by atoms with van der Waals surface area (Å²) >= 11 is 7.13. The fourth-order valence-electron chi connectivity index (χ4n) is 3.65. The van der Waals surface area contributed by atoms with Crippen molar-refractivity contribution in [1.29, 1.82) is 0 Å². The quantitative estimate of drug-likeness (QED) is 0.348. The van der Waals surface area contributed by atoms with Crippen molar-refractivity contribution in [1.82, 2.24) is 19.4 Å². The lowest BCUT2D eigenvalue weighted by Crippen LogP contribution is -2.40. The maximum absolute atomic E-state index is 13.3. The molecule has 2 aromatic heterocycles. The van der Waals surface area contributed by atoms with Gasteiger partial charge < -0.3 is 5.32 Å². The van der Waals surface area contributed by atoms with Crippen LogP contribution in [0.15, 0.2) is 52.5 Å². The number of carbonyl (C=O) groups excluding carboxylic acids is 1. The summed E-state index contributed by atoms with van der Waals surface area (Å²) in [6.45, 7) is 11.6. The highest BCUT2D eigenvalue weighted by Crippen LogP contribution is 2.24. The van der Waals surface area contributed by atoms with E-state index >= 15 is 0 Å². The van der Waals surface area contributed by atoms with Crippen molar-refractivity contribution in [3.05, 3.63) is 58.0 Å². The second-order valence-corrected chi connectivity index (χ2v) is 10.1. The Morgan fingerprint density at radius 3 is 2.45 bits per heavy atom. The topological polar surface area (TPSA) is 80.1 Å². The van der Waals surface area contributed by atoms with Gasteiger partial charge >= 0.3 is 0 Å². The molecule has 0 spiro atoms. The molecule has 3 rings (SSSR count). The number of rotatable bonds is 9. The molecule has 1 aromatic carbocycles. The maximum Gasteiger partial charge on any atom is 0.262 e. The molecule has 0 aliphatic carbocycles. The van der Waals surface area contributed by atoms with Crippen LogP contribution in [-0.2, 0) is 11.3 Å². The van der Waals surface area contributed by atoms with E-state index in [1.165, 1.54) is 18.0 Å². The van der Waals surface area contributed by atoms with Crippen LogP contribution < -0.4 is 10.9 Å². The number of anilines is 1. The molecule has 33 heavy (non-hydrogen) atoms. The molecule has 9 heteroatoms. The van der Waals surface area contributed by atoms with Crippen molar-refractivity contribution in [2.75, 3.05) is 11.9 Å². The molecule has 3 aromatic rings. The molecule has 0 bridgehead atoms. The molecule has 0 radical (unpaired) electrons. The first-order valence-corrected chi connectivity index (χ1v) is 12.3. The van der Waals surface area contributed by atoms with Gasteiger partial charge in [0.25, 0.3) is 5.56 Å². The van der Waals surface area contributed by atoms with Gasteiger partial charge in [-0.25, -0.2) is 9.97 Å². The van der Waals surface area contributed by atoms with Crippen LogP contribution in [0, 0.1) is 0 Å². The van der Waals surface area contributed by atoms with Crippen LogP contribution >= 0.6 is 23.4 Å². The molecule has 0 saturated heterocycles. The third-order valence-electron chi connectivity index (χ3n) is 5.37. The fourth-order valence-corrected chi connectivity index (χ4v) is 4.70. The zero-order valence-corrected chi connectivity index (χ0v) is 21.2. The Morgan fingerprint density at radius 2 is 1.82 bits per heavy atom. The van der Waals surface area contributed by atoms with E-state index in [-0.39, 0.29) is 11.5 Å². The van der Waals surface area contributed by atoms with Crippen molar-refractivity contribution in [3.8, 4) is 0 Å². The molecule has 7 nitrogen and oxygen atoms in total. The van der Waals surface area contributed by atoms with E-state index in [2.05, 4.69) is 42.9 Å². The van der Waals surface area contributed by atoms with Crippen LogP contribution in [0.2, 0.25) is 5.02 Å². The average molecular weight is 488 g/mol. The van der Waals surface area contributed by atoms with Gasteiger partial charge in [0, 0.05) is 31.4 Å². The zero-order valence-electron chi connectivity index (χ0n) is 19.6. The number of nitrogens with zero attached hydrogens (tertiary/aromatic N) is 4. The standard InChI is InChI=1S/C24H30ClN5O2S/c1-15(2)29(16(3)4)12-13-30-23(32)19-8-6-7-9-20(19)27-24(30)33-17(5)22(31)28-21-11-10-18(25)14-26-21/h6-11,14-17H,12-13H2,1-5H3,(H,26,28,31). The number of carbonyl (C=O) groups is 1. The van der Waals surface area contributed by atoms with Crippen LogP contribution in [0.5, 0.6) is 0 Å². The molecule has 1 N–H and O–H groups in total. The Labute approximate surface area is 203 Å². The summed E-state index contributed by atoms with van der Waals surface area (Å²) < 4.78 is 1.69. The summed E-state index contributed by atoms with van der Waals surface area (Å²) in [5, 5.41) is 3.89. The smallest absolute Gasteiger partial charge is 0.262 e. The molecular weight excluding hydrogens is 458 g/mol. The maximum atomic E-state index is 13.3. The van der Waals surface area contributed by atoms with Crippen LogP contribution in [0.25, 0.3) is 10.9 Å². The lowest BCUT2D eigenvalue weighted by molar-refractivity contribution is -0.115. The van der Waals surface area contributed by atoms with E-state index in [0.29, 0.717) is 52.1 Å². The van der Waals surface area contributed by atoms with Gasteiger partial charge in [-0.05, 0) is 58.9 Å². The SMILES string of the molecule is CC(Sc1nc2ccccc2c(=O)n1CCN(C(C)C)C(C)C)C(=O)Nc1ccc(Cl)cn1. The molecule has 0 fully saturated rings. The summed E-state index contributed by atoms with van der Waals surface area (Å²) in [7, 11) is 0. The first-order valence-electron chi connectivity index (χ1n) is 11.0. The number of benzene rings is 1. The molecule has 0 saturated carbocycles. The van der Waals surface area contributed by atoms with Crippen molar-refractivity contribution in [2.45, 2.75) is 63.7 Å². The number of hydrogen-bond acceptors (Lipinski definition) is 6. The van der Waals surface area contributed by atoms with Gasteiger partial charge in [0.15, 0.2) is 5.16 Å². The number of fused-ring (bicyclic) bond motifs is 1. The molecule has 1 atom stereocenters. The van der Waals surface area contributed by atoms with Gasteiger partial charge in [-0.3, -0.25) is 19.1 Å². The summed E-state index contributed by atoms with van der Waals surface area (Å²) in [4.78, 5) is 37.3. The molecular formula is C24H30ClN5O2S. The second kappa shape index (κ2) is 11.1. The lowest BCUT2D eigenvalue weighted by atomic mass is 10.2. The molecule has 1 unspecified atom stereocenters. The zero-order chi connectivity index (χ0) is 24.1. The van der Waals surface area contributed by atoms with Crippen molar-refractivity contribution in [2.24, 2.45) is 0 Å². The Hall–Kier alpha value is -2.42. The highest BCUT2D eigenvalue weighted by molar-refractivity contribution is 8.00. The number of hydrogen-bond donors (Lipinski definition) is 1. The fraction of sp³-hybridized carbons (Fsp3) is 0.417. The minimum Gasteiger partial charge on any atom is -0.310 e. The minimum atomic E-state index is -0.493. The first kappa shape index (κ1) is 25.2. The number of nitrogens with one attached hydrogen (secondary N) is 1. The van der Waals surface area contributed by atoms with Crippen molar-refractivity contribution < 1.29 is 4.79 Å². The van der Waals surface area contributed by atoms with Gasteiger partial charge in [0.2, 0.25) is 5.91 Å². The Balaban J connectivity index is 1.88. The molecule has 1 amide bonds. The number of amides is 1. The molecule has 0 aliphatic heterocycles. The first-order chi connectivity index (χ1) is 15.7. The van der Waals surface area contributed by atoms with E-state index in [9.17, 15) is 9.59 Å². The summed E-state index contributed by atoms with van der Waals surface area (Å²) in [6.07, 6.45) is 1.48. The van der Waals surface area contributed by atoms with Crippen LogP contribution in [0.3, 0.4) is 0 Å². The van der Waals surface area contributed by atoms with Gasteiger partial charge in [0.1, 0.15) is 5.82 Å². The summed E-state index contributed by atoms with van der Waals surface area (Å²) in [6, 6.07) is 11.3. The van der Waals surface area contributed by atoms with Crippen LogP contribution in [-0.4, -0.2) is 49.2 Å². The van der Waals surface area contributed by atoms with Crippen LogP contribution in [0.4, 0.5) is 5.82 Å². The number of aromatic nitrogens is 3. The van der Waals surface area contributed by atoms with Gasteiger partial charge in [-0.15, -0.1) is 0 Å². The number of halogens is 1. The van der Waals surface area contributed by atoms with Gasteiger partial charge in [-0.1, -0.05) is 35.5 Å². The van der Waals surface area contributed by atoms with Crippen molar-refractivity contribution >= 4 is 46.0 Å². The van der Waals surface area contributed by atoms with E-state index in [1.807, 2.05) is 18.2 Å². The van der Waals surface area contributed by atoms with Crippen molar-refractivity contribution in [3.63, 3.8) is 0 Å². The summed E-state index contributed by atoms with van der Waals surface area (Å²) in [5.41, 5.74) is 0.528. The Bertz CT molecular complexity index is 1160. The largest absolute Gasteiger partial charge is 0.310 e. The van der Waals surface area contributed by atoms with Gasteiger partial charge in [0.05, 0.1) is 21.2 Å². The Morgan fingerprint density at radius 1 is 1.12 bits per heavy atom. The molecule has 2 heterocycles. The second-order valence-electron chi connectivity index (χ2n) is 8.40. The van der Waals surface area contributed by atoms with E-state index in [0.717, 1.165) is 0 Å². The predicted molar refractivity (Wildman–Crippen MR) is 136 cm³/mol. The minimum absolute atomic E-state index is 0.0949. The third kappa shape index (κ3) is 6.34. The normalized spacial score (nSPS) is 12.6. The monoisotopic (exact) mass is 487 g/mol. The predicted octanol–water partition coefficient (Wildman–Crippen LogP) is 4.68. The molecule has 0 aliphatic rings.